The third-order valence-corrected chi connectivity index (χ3v) is 5.65. The first-order valence-corrected chi connectivity index (χ1v) is 10.4. The van der Waals surface area contributed by atoms with Gasteiger partial charge in [-0.1, -0.05) is 23.4 Å². The Kier molecular flexibility index (Phi) is 4.96. The monoisotopic (exact) mass is 402 g/mol. The predicted molar refractivity (Wildman–Crippen MR) is 101 cm³/mol. The first kappa shape index (κ1) is 18.7. The summed E-state index contributed by atoms with van der Waals surface area (Å²) in [6.45, 7) is 3.09. The molecule has 1 aliphatic heterocycles. The number of primary sulfonamides is 1. The molecule has 1 aromatic heterocycles. The summed E-state index contributed by atoms with van der Waals surface area (Å²) in [5.41, 5.74) is 2.24. The highest BCUT2D eigenvalue weighted by molar-refractivity contribution is 7.89. The number of likely N-dealkylation sites (tertiary alicyclic amines) is 1. The number of nitrogens with zero attached hydrogens (tertiary/aromatic N) is 3. The third-order valence-electron chi connectivity index (χ3n) is 4.70. The van der Waals surface area contributed by atoms with Crippen molar-refractivity contribution in [1.29, 1.82) is 0 Å². The van der Waals surface area contributed by atoms with Crippen LogP contribution in [0.3, 0.4) is 0 Å². The van der Waals surface area contributed by atoms with Crippen LogP contribution in [0, 0.1) is 5.82 Å². The molecule has 7 nitrogen and oxygen atoms in total. The minimum atomic E-state index is -4.13. The Balaban J connectivity index is 1.59. The molecule has 28 heavy (non-hydrogen) atoms. The fourth-order valence-corrected chi connectivity index (χ4v) is 3.92. The molecule has 2 heterocycles. The van der Waals surface area contributed by atoms with E-state index in [0.717, 1.165) is 42.9 Å². The molecule has 2 N–H and O–H groups in total. The number of hydrogen-bond donors (Lipinski definition) is 1. The Labute approximate surface area is 162 Å². The quantitative estimate of drug-likeness (QED) is 0.704. The van der Waals surface area contributed by atoms with E-state index in [1.807, 2.05) is 18.2 Å². The Morgan fingerprint density at radius 3 is 2.61 bits per heavy atom. The van der Waals surface area contributed by atoms with Gasteiger partial charge < -0.3 is 4.52 Å². The van der Waals surface area contributed by atoms with Gasteiger partial charge in [0.25, 0.3) is 5.89 Å². The molecule has 0 bridgehead atoms. The smallest absolute Gasteiger partial charge is 0.258 e. The van der Waals surface area contributed by atoms with E-state index in [1.165, 1.54) is 18.9 Å². The van der Waals surface area contributed by atoms with Crippen molar-refractivity contribution in [1.82, 2.24) is 15.0 Å². The molecule has 0 aliphatic carbocycles. The average molecular weight is 402 g/mol. The van der Waals surface area contributed by atoms with Crippen LogP contribution in [-0.2, 0) is 16.6 Å². The molecule has 4 rings (SSSR count). The number of hydrogen-bond acceptors (Lipinski definition) is 6. The average Bonchev–Trinajstić information content (AvgIpc) is 3.32. The van der Waals surface area contributed by atoms with E-state index in [-0.39, 0.29) is 11.5 Å². The lowest BCUT2D eigenvalue weighted by molar-refractivity contribution is 0.331. The lowest BCUT2D eigenvalue weighted by Crippen LogP contribution is -2.18. The Hall–Kier alpha value is -2.62. The number of sulfonamides is 1. The molecule has 9 heteroatoms. The minimum absolute atomic E-state index is 0.0971. The molecule has 0 saturated carbocycles. The third kappa shape index (κ3) is 3.96. The number of nitrogens with two attached hydrogens (primary N) is 1. The van der Waals surface area contributed by atoms with Gasteiger partial charge in [-0.15, -0.1) is 0 Å². The Morgan fingerprint density at radius 1 is 1.11 bits per heavy atom. The zero-order valence-corrected chi connectivity index (χ0v) is 15.8. The van der Waals surface area contributed by atoms with Crippen LogP contribution in [0.1, 0.15) is 18.4 Å². The topological polar surface area (TPSA) is 102 Å². The number of benzene rings is 2. The molecule has 2 aromatic carbocycles. The fraction of sp³-hybridized carbons (Fsp3) is 0.263. The highest BCUT2D eigenvalue weighted by Gasteiger charge is 2.18. The molecule has 0 unspecified atom stereocenters. The van der Waals surface area contributed by atoms with Gasteiger partial charge >= 0.3 is 0 Å². The van der Waals surface area contributed by atoms with E-state index in [9.17, 15) is 12.8 Å². The second-order valence-corrected chi connectivity index (χ2v) is 8.33. The van der Waals surface area contributed by atoms with Crippen LogP contribution in [0.2, 0.25) is 0 Å². The lowest BCUT2D eigenvalue weighted by atomic mass is 10.1. The first-order valence-electron chi connectivity index (χ1n) is 8.88. The minimum Gasteiger partial charge on any atom is -0.334 e. The van der Waals surface area contributed by atoms with Crippen molar-refractivity contribution in [2.75, 3.05) is 13.1 Å². The summed E-state index contributed by atoms with van der Waals surface area (Å²) in [6, 6.07) is 11.4. The second-order valence-electron chi connectivity index (χ2n) is 6.80. The predicted octanol–water partition coefficient (Wildman–Crippen LogP) is 2.79. The Morgan fingerprint density at radius 2 is 1.89 bits per heavy atom. The fourth-order valence-electron chi connectivity index (χ4n) is 3.33. The van der Waals surface area contributed by atoms with Crippen LogP contribution in [-0.4, -0.2) is 36.5 Å². The SMILES string of the molecule is NS(=O)(=O)c1ccc(-c2nc(-c3cccc(CN4CCCC4)c3)no2)cc1F. The first-order chi connectivity index (χ1) is 13.4. The maximum atomic E-state index is 14.1. The molecule has 0 radical (unpaired) electrons. The molecule has 146 valence electrons. The van der Waals surface area contributed by atoms with Gasteiger partial charge in [0.1, 0.15) is 10.7 Å². The van der Waals surface area contributed by atoms with Gasteiger partial charge in [0.2, 0.25) is 15.8 Å². The standard InChI is InChI=1S/C19H19FN4O3S/c20-16-11-15(6-7-17(16)28(21,25)26)19-22-18(23-27-19)14-5-3-4-13(10-14)12-24-8-1-2-9-24/h3-7,10-11H,1-2,8-9,12H2,(H2,21,25,26). The lowest BCUT2D eigenvalue weighted by Gasteiger charge is -2.14. The molecule has 1 aliphatic rings. The van der Waals surface area contributed by atoms with Gasteiger partial charge in [0.05, 0.1) is 0 Å². The van der Waals surface area contributed by atoms with Crippen molar-refractivity contribution in [3.05, 3.63) is 53.8 Å². The zero-order chi connectivity index (χ0) is 19.7. The van der Waals surface area contributed by atoms with Crippen LogP contribution >= 0.6 is 0 Å². The summed E-state index contributed by atoms with van der Waals surface area (Å²) in [7, 11) is -4.13. The van der Waals surface area contributed by atoms with Gasteiger partial charge in [-0.05, 0) is 55.8 Å². The van der Waals surface area contributed by atoms with E-state index in [2.05, 4.69) is 21.1 Å². The molecule has 0 atom stereocenters. The number of halogens is 1. The molecule has 0 spiro atoms. The maximum Gasteiger partial charge on any atom is 0.258 e. The number of aromatic nitrogens is 2. The van der Waals surface area contributed by atoms with Gasteiger partial charge in [-0.2, -0.15) is 4.98 Å². The van der Waals surface area contributed by atoms with E-state index in [0.29, 0.717) is 5.82 Å². The van der Waals surface area contributed by atoms with Crippen LogP contribution in [0.5, 0.6) is 0 Å². The van der Waals surface area contributed by atoms with E-state index < -0.39 is 20.7 Å². The molecular formula is C19H19FN4O3S. The molecular weight excluding hydrogens is 383 g/mol. The summed E-state index contributed by atoms with van der Waals surface area (Å²) in [6.07, 6.45) is 2.46. The van der Waals surface area contributed by atoms with Gasteiger partial charge in [0, 0.05) is 17.7 Å². The van der Waals surface area contributed by atoms with Crippen LogP contribution in [0.15, 0.2) is 51.9 Å². The highest BCUT2D eigenvalue weighted by atomic mass is 32.2. The molecule has 1 saturated heterocycles. The van der Waals surface area contributed by atoms with E-state index >= 15 is 0 Å². The zero-order valence-electron chi connectivity index (χ0n) is 15.0. The summed E-state index contributed by atoms with van der Waals surface area (Å²) in [4.78, 5) is 6.14. The molecule has 0 amide bonds. The van der Waals surface area contributed by atoms with Crippen molar-refractivity contribution >= 4 is 10.0 Å². The van der Waals surface area contributed by atoms with E-state index in [4.69, 9.17) is 9.66 Å². The van der Waals surface area contributed by atoms with Crippen molar-refractivity contribution in [2.24, 2.45) is 5.14 Å². The van der Waals surface area contributed by atoms with Crippen molar-refractivity contribution in [3.8, 4) is 22.8 Å². The summed E-state index contributed by atoms with van der Waals surface area (Å²) < 4.78 is 42.0. The van der Waals surface area contributed by atoms with Crippen LogP contribution < -0.4 is 5.14 Å². The highest BCUT2D eigenvalue weighted by Crippen LogP contribution is 2.26. The van der Waals surface area contributed by atoms with Gasteiger partial charge in [0.15, 0.2) is 0 Å². The van der Waals surface area contributed by atoms with Crippen molar-refractivity contribution < 1.29 is 17.3 Å². The number of rotatable bonds is 5. The van der Waals surface area contributed by atoms with Crippen LogP contribution in [0.4, 0.5) is 4.39 Å². The Bertz CT molecular complexity index is 1110. The largest absolute Gasteiger partial charge is 0.334 e. The van der Waals surface area contributed by atoms with Crippen molar-refractivity contribution in [2.45, 2.75) is 24.3 Å². The molecule has 1 fully saturated rings. The maximum absolute atomic E-state index is 14.1. The molecule has 3 aromatic rings. The van der Waals surface area contributed by atoms with Crippen LogP contribution in [0.25, 0.3) is 22.8 Å². The summed E-state index contributed by atoms with van der Waals surface area (Å²) in [5.74, 6) is -0.485. The van der Waals surface area contributed by atoms with Crippen molar-refractivity contribution in [3.63, 3.8) is 0 Å². The van der Waals surface area contributed by atoms with E-state index in [1.54, 1.807) is 0 Å². The summed E-state index contributed by atoms with van der Waals surface area (Å²) in [5, 5.41) is 8.95. The van der Waals surface area contributed by atoms with Gasteiger partial charge in [-0.3, -0.25) is 4.90 Å². The normalized spacial score (nSPS) is 15.2. The summed E-state index contributed by atoms with van der Waals surface area (Å²) >= 11 is 0. The second kappa shape index (κ2) is 7.42. The van der Waals surface area contributed by atoms with Gasteiger partial charge in [-0.25, -0.2) is 17.9 Å².